The third kappa shape index (κ3) is 5.18. The van der Waals surface area contributed by atoms with Crippen LogP contribution in [0.15, 0.2) is 40.8 Å². The molecule has 0 saturated heterocycles. The van der Waals surface area contributed by atoms with Crippen LogP contribution < -0.4 is 0 Å². The lowest BCUT2D eigenvalue weighted by Gasteiger charge is -2.58. The summed E-state index contributed by atoms with van der Waals surface area (Å²) >= 11 is 0. The third-order valence-electron chi connectivity index (χ3n) is 11.8. The van der Waals surface area contributed by atoms with E-state index in [1.54, 1.807) is 12.1 Å². The Morgan fingerprint density at radius 2 is 1.68 bits per heavy atom. The summed E-state index contributed by atoms with van der Waals surface area (Å²) in [7, 11) is -3.73. The van der Waals surface area contributed by atoms with Crippen LogP contribution in [0.5, 0.6) is 0 Å². The highest BCUT2D eigenvalue weighted by Gasteiger charge is 2.59. The molecule has 38 heavy (non-hydrogen) atoms. The van der Waals surface area contributed by atoms with Crippen LogP contribution >= 0.6 is 0 Å². The average molecular weight is 541 g/mol. The molecule has 0 amide bonds. The van der Waals surface area contributed by atoms with Crippen LogP contribution in [0.1, 0.15) is 111 Å². The summed E-state index contributed by atoms with van der Waals surface area (Å²) in [6, 6.07) is 7.02. The predicted molar refractivity (Wildman–Crippen MR) is 156 cm³/mol. The van der Waals surface area contributed by atoms with Crippen molar-refractivity contribution in [3.8, 4) is 0 Å². The lowest BCUT2D eigenvalue weighted by atomic mass is 9.47. The van der Waals surface area contributed by atoms with Crippen molar-refractivity contribution in [3.05, 3.63) is 41.5 Å². The molecule has 212 valence electrons. The second-order valence-corrected chi connectivity index (χ2v) is 16.1. The number of fused-ring (bicyclic) bond motifs is 5. The van der Waals surface area contributed by atoms with Gasteiger partial charge in [0.1, 0.15) is 0 Å². The molecule has 0 radical (unpaired) electrons. The Labute approximate surface area is 233 Å². The van der Waals surface area contributed by atoms with Gasteiger partial charge in [0, 0.05) is 0 Å². The quantitative estimate of drug-likeness (QED) is 0.244. The fourth-order valence-corrected chi connectivity index (χ4v) is 10.8. The van der Waals surface area contributed by atoms with Crippen molar-refractivity contribution in [1.29, 1.82) is 0 Å². The molecule has 0 spiro atoms. The molecule has 1 aromatic rings. The monoisotopic (exact) mass is 540 g/mol. The molecule has 0 aromatic heterocycles. The molecule has 3 saturated carbocycles. The van der Waals surface area contributed by atoms with Gasteiger partial charge in [0.25, 0.3) is 10.1 Å². The van der Waals surface area contributed by atoms with E-state index in [9.17, 15) is 8.42 Å². The van der Waals surface area contributed by atoms with Crippen molar-refractivity contribution < 1.29 is 12.6 Å². The molecule has 0 aliphatic heterocycles. The van der Waals surface area contributed by atoms with Gasteiger partial charge >= 0.3 is 0 Å². The van der Waals surface area contributed by atoms with Gasteiger partial charge in [0.15, 0.2) is 0 Å². The minimum Gasteiger partial charge on any atom is -0.263 e. The number of aryl methyl sites for hydroxylation is 1. The Morgan fingerprint density at radius 3 is 2.39 bits per heavy atom. The van der Waals surface area contributed by atoms with E-state index in [4.69, 9.17) is 4.18 Å². The van der Waals surface area contributed by atoms with Crippen molar-refractivity contribution in [1.82, 2.24) is 0 Å². The molecule has 3 nitrogen and oxygen atoms in total. The Balaban J connectivity index is 1.27. The van der Waals surface area contributed by atoms with E-state index in [2.05, 4.69) is 40.7 Å². The van der Waals surface area contributed by atoms with E-state index in [0.717, 1.165) is 60.3 Å². The fourth-order valence-electron chi connectivity index (χ4n) is 9.67. The van der Waals surface area contributed by atoms with Gasteiger partial charge < -0.3 is 0 Å². The van der Waals surface area contributed by atoms with Gasteiger partial charge in [0.2, 0.25) is 0 Å². The minimum atomic E-state index is -3.73. The minimum absolute atomic E-state index is 0.207. The van der Waals surface area contributed by atoms with Crippen LogP contribution in [0.2, 0.25) is 0 Å². The molecule has 4 aliphatic rings. The number of hydrogen-bond donors (Lipinski definition) is 0. The molecule has 4 aliphatic carbocycles. The van der Waals surface area contributed by atoms with Crippen molar-refractivity contribution in [3.63, 3.8) is 0 Å². The molecule has 0 heterocycles. The third-order valence-corrected chi connectivity index (χ3v) is 13.2. The summed E-state index contributed by atoms with van der Waals surface area (Å²) in [5.74, 6) is 4.93. The molecule has 2 unspecified atom stereocenters. The van der Waals surface area contributed by atoms with E-state index < -0.39 is 10.1 Å². The molecular weight excluding hydrogens is 488 g/mol. The molecule has 5 rings (SSSR count). The first kappa shape index (κ1) is 28.4. The summed E-state index contributed by atoms with van der Waals surface area (Å²) in [5, 5.41) is 0. The number of allylic oxidation sites excluding steroid dienone is 1. The zero-order valence-electron chi connectivity index (χ0n) is 24.8. The first-order valence-electron chi connectivity index (χ1n) is 15.6. The highest BCUT2D eigenvalue weighted by atomic mass is 32.2. The van der Waals surface area contributed by atoms with Gasteiger partial charge in [-0.3, -0.25) is 4.18 Å². The van der Waals surface area contributed by atoms with Gasteiger partial charge in [-0.2, -0.15) is 8.42 Å². The first-order valence-corrected chi connectivity index (χ1v) is 17.0. The molecule has 1 aromatic carbocycles. The zero-order chi connectivity index (χ0) is 27.3. The summed E-state index contributed by atoms with van der Waals surface area (Å²) < 4.78 is 31.8. The first-order chi connectivity index (χ1) is 17.9. The van der Waals surface area contributed by atoms with E-state index >= 15 is 0 Å². The van der Waals surface area contributed by atoms with Gasteiger partial charge in [-0.1, -0.05) is 83.2 Å². The lowest BCUT2D eigenvalue weighted by molar-refractivity contribution is -0.0556. The van der Waals surface area contributed by atoms with E-state index in [1.165, 1.54) is 56.9 Å². The second kappa shape index (κ2) is 10.7. The van der Waals surface area contributed by atoms with Crippen LogP contribution in [0.4, 0.5) is 0 Å². The maximum absolute atomic E-state index is 13.0. The van der Waals surface area contributed by atoms with Gasteiger partial charge in [-0.15, -0.1) is 0 Å². The number of hydrogen-bond acceptors (Lipinski definition) is 3. The lowest BCUT2D eigenvalue weighted by Crippen LogP contribution is -2.51. The zero-order valence-corrected chi connectivity index (χ0v) is 25.7. The van der Waals surface area contributed by atoms with Gasteiger partial charge in [-0.25, -0.2) is 0 Å². The van der Waals surface area contributed by atoms with E-state index in [-0.39, 0.29) is 16.4 Å². The average Bonchev–Trinajstić information content (AvgIpc) is 3.21. The van der Waals surface area contributed by atoms with Crippen LogP contribution in [0.3, 0.4) is 0 Å². The molecular formula is C34H52O3S. The standard InChI is InChI=1S/C34H52O3S/c1-23(2)8-7-9-25(4)30-16-17-31-29-15-12-26-22-27(37-38(35,36)28-13-10-24(3)11-14-28)18-20-33(26,5)32(29)19-21-34(30,31)6/h10-14,23,25,27,29-32H,7-9,15-22H2,1-6H3/t25-,27+,29?,30-,31?,32+,33+,34-/m1/s1. The fraction of sp³-hybridized carbons (Fsp3) is 0.765. The summed E-state index contributed by atoms with van der Waals surface area (Å²) in [6.07, 6.45) is 15.8. The van der Waals surface area contributed by atoms with Gasteiger partial charge in [0.05, 0.1) is 11.0 Å². The molecule has 3 fully saturated rings. The maximum atomic E-state index is 13.0. The largest absolute Gasteiger partial charge is 0.297 e. The molecule has 4 heteroatoms. The molecule has 8 atom stereocenters. The Bertz CT molecular complexity index is 1120. The van der Waals surface area contributed by atoms with Crippen LogP contribution in [0.25, 0.3) is 0 Å². The number of benzene rings is 1. The molecule has 0 N–H and O–H groups in total. The Morgan fingerprint density at radius 1 is 0.947 bits per heavy atom. The van der Waals surface area contributed by atoms with E-state index in [1.807, 2.05) is 19.1 Å². The van der Waals surface area contributed by atoms with Crippen molar-refractivity contribution >= 4 is 10.1 Å². The highest BCUT2D eigenvalue weighted by molar-refractivity contribution is 7.86. The Kier molecular flexibility index (Phi) is 7.99. The predicted octanol–water partition coefficient (Wildman–Crippen LogP) is 9.11. The van der Waals surface area contributed by atoms with Crippen molar-refractivity contribution in [2.24, 2.45) is 46.3 Å². The summed E-state index contributed by atoms with van der Waals surface area (Å²) in [5.41, 5.74) is 3.24. The van der Waals surface area contributed by atoms with E-state index in [0.29, 0.717) is 5.41 Å². The summed E-state index contributed by atoms with van der Waals surface area (Å²) in [6.45, 7) is 14.4. The van der Waals surface area contributed by atoms with Crippen molar-refractivity contribution in [2.75, 3.05) is 0 Å². The highest BCUT2D eigenvalue weighted by Crippen LogP contribution is 2.67. The maximum Gasteiger partial charge on any atom is 0.297 e. The summed E-state index contributed by atoms with van der Waals surface area (Å²) in [4.78, 5) is 0.273. The van der Waals surface area contributed by atoms with Crippen molar-refractivity contribution in [2.45, 2.75) is 123 Å². The second-order valence-electron chi connectivity index (χ2n) is 14.5. The number of rotatable bonds is 8. The normalized spacial score (nSPS) is 37.8. The molecule has 0 bridgehead atoms. The Hall–Kier alpha value is -1.13. The van der Waals surface area contributed by atoms with Crippen LogP contribution in [0, 0.1) is 53.3 Å². The smallest absolute Gasteiger partial charge is 0.263 e. The van der Waals surface area contributed by atoms with Gasteiger partial charge in [-0.05, 0) is 117 Å². The van der Waals surface area contributed by atoms with Crippen LogP contribution in [-0.4, -0.2) is 14.5 Å². The SMILES string of the molecule is Cc1ccc(S(=O)(=O)O[C@H]2CC[C@@]3(C)C(=CCC4C5CC[C@H]([C@H](C)CCCC(C)C)[C@@]5(C)CC[C@@H]43)C2)cc1. The van der Waals surface area contributed by atoms with Crippen LogP contribution in [-0.2, 0) is 14.3 Å². The topological polar surface area (TPSA) is 43.4 Å².